The van der Waals surface area contributed by atoms with Crippen LogP contribution >= 0.6 is 23.2 Å². The van der Waals surface area contributed by atoms with Gasteiger partial charge in [-0.05, 0) is 23.8 Å². The van der Waals surface area contributed by atoms with Crippen molar-refractivity contribution in [2.45, 2.75) is 37.1 Å². The minimum Gasteiger partial charge on any atom is -0.479 e. The fourth-order valence-electron chi connectivity index (χ4n) is 3.21. The van der Waals surface area contributed by atoms with Gasteiger partial charge in [0.1, 0.15) is 18.3 Å². The number of carbonyl (C=O) groups excluding carboxylic acids is 2. The number of carboxylic acid groups (broad SMARTS) is 1. The van der Waals surface area contributed by atoms with Gasteiger partial charge in [0.25, 0.3) is 0 Å². The van der Waals surface area contributed by atoms with Crippen LogP contribution in [-0.2, 0) is 35.0 Å². The Morgan fingerprint density at radius 2 is 1.57 bits per heavy atom. The average molecular weight is 530 g/mol. The molecule has 0 aliphatic carbocycles. The summed E-state index contributed by atoms with van der Waals surface area (Å²) < 4.78 is 14.5. The molecule has 0 radical (unpaired) electrons. The molecule has 5 N–H and O–H groups in total. The van der Waals surface area contributed by atoms with Gasteiger partial charge in [-0.2, -0.15) is 0 Å². The normalized spacial score (nSPS) is 23.9. The van der Waals surface area contributed by atoms with Crippen LogP contribution < -0.4 is 5.32 Å². The van der Waals surface area contributed by atoms with Crippen molar-refractivity contribution in [3.63, 3.8) is 0 Å². The van der Waals surface area contributed by atoms with E-state index < -0.39 is 55.2 Å². The number of anilines is 2. The maximum Gasteiger partial charge on any atom is 0.346 e. The van der Waals surface area contributed by atoms with Crippen molar-refractivity contribution in [3.8, 4) is 0 Å². The third-order valence-corrected chi connectivity index (χ3v) is 5.62. The van der Waals surface area contributed by atoms with Crippen LogP contribution in [0.2, 0.25) is 10.0 Å². The lowest BCUT2D eigenvalue weighted by atomic mass is 9.99. The molecule has 1 aliphatic rings. The van der Waals surface area contributed by atoms with E-state index in [9.17, 15) is 29.7 Å². The summed E-state index contributed by atoms with van der Waals surface area (Å²) in [7, 11) is 0. The molecule has 11 nitrogen and oxygen atoms in total. The molecule has 1 aliphatic heterocycles. The molecule has 1 fully saturated rings. The van der Waals surface area contributed by atoms with E-state index in [1.165, 1.54) is 0 Å². The number of aliphatic hydroxyl groups excluding tert-OH is 3. The number of hydrogen-bond donors (Lipinski definition) is 5. The van der Waals surface area contributed by atoms with Gasteiger partial charge in [-0.25, -0.2) is 9.59 Å². The second-order valence-electron chi connectivity index (χ2n) is 7.44. The predicted octanol–water partition coefficient (Wildman–Crippen LogP) is 1.26. The summed E-state index contributed by atoms with van der Waals surface area (Å²) in [6, 6.07) is 11.7. The highest BCUT2D eigenvalue weighted by molar-refractivity contribution is 6.39. The smallest absolute Gasteiger partial charge is 0.346 e. The van der Waals surface area contributed by atoms with Gasteiger partial charge in [0.05, 0.1) is 22.2 Å². The van der Waals surface area contributed by atoms with Gasteiger partial charge in [0.2, 0.25) is 6.29 Å². The van der Waals surface area contributed by atoms with Crippen LogP contribution in [-0.4, -0.2) is 75.6 Å². The Hall–Kier alpha value is -2.93. The number of aliphatic carboxylic acids is 1. The molecule has 0 unspecified atom stereocenters. The summed E-state index contributed by atoms with van der Waals surface area (Å²) >= 11 is 12.4. The van der Waals surface area contributed by atoms with E-state index in [2.05, 4.69) is 5.32 Å². The number of ether oxygens (including phenoxy) is 3. The summed E-state index contributed by atoms with van der Waals surface area (Å²) in [6.45, 7) is -0.881. The summed E-state index contributed by atoms with van der Waals surface area (Å²) in [6.07, 6.45) is -9.89. The first kappa shape index (κ1) is 26.7. The lowest BCUT2D eigenvalue weighted by Gasteiger charge is -2.37. The Kier molecular flexibility index (Phi) is 8.89. The number of nitrogens with one attached hydrogen (secondary N) is 1. The first-order chi connectivity index (χ1) is 16.6. The first-order valence-corrected chi connectivity index (χ1v) is 10.9. The number of rotatable bonds is 8. The molecular formula is C22H21Cl2NO10. The molecule has 35 heavy (non-hydrogen) atoms. The number of esters is 2. The quantitative estimate of drug-likeness (QED) is 0.311. The molecule has 0 bridgehead atoms. The van der Waals surface area contributed by atoms with Gasteiger partial charge in [-0.1, -0.05) is 47.5 Å². The number of benzene rings is 2. The minimum absolute atomic E-state index is 0.243. The fraction of sp³-hybridized carbons (Fsp3) is 0.318. The van der Waals surface area contributed by atoms with Gasteiger partial charge in [0.15, 0.2) is 12.7 Å². The number of carbonyl (C=O) groups is 3. The van der Waals surface area contributed by atoms with E-state index in [4.69, 9.17) is 42.5 Å². The third-order valence-electron chi connectivity index (χ3n) is 4.99. The summed E-state index contributed by atoms with van der Waals surface area (Å²) in [5.41, 5.74) is 1.47. The highest BCUT2D eigenvalue weighted by atomic mass is 35.5. The molecule has 0 aromatic heterocycles. The Morgan fingerprint density at radius 3 is 2.23 bits per heavy atom. The predicted molar refractivity (Wildman–Crippen MR) is 121 cm³/mol. The largest absolute Gasteiger partial charge is 0.479 e. The number of para-hydroxylation sites is 2. The van der Waals surface area contributed by atoms with Crippen LogP contribution in [0.3, 0.4) is 0 Å². The maximum atomic E-state index is 12.3. The van der Waals surface area contributed by atoms with Crippen molar-refractivity contribution in [1.82, 2.24) is 0 Å². The Morgan fingerprint density at radius 1 is 0.914 bits per heavy atom. The topological polar surface area (TPSA) is 172 Å². The van der Waals surface area contributed by atoms with Crippen LogP contribution in [0.25, 0.3) is 0 Å². The molecule has 13 heteroatoms. The Bertz CT molecular complexity index is 1080. The zero-order chi connectivity index (χ0) is 25.7. The molecule has 1 heterocycles. The van der Waals surface area contributed by atoms with Crippen molar-refractivity contribution in [1.29, 1.82) is 0 Å². The molecule has 0 saturated carbocycles. The van der Waals surface area contributed by atoms with Crippen LogP contribution in [0.5, 0.6) is 0 Å². The van der Waals surface area contributed by atoms with Crippen LogP contribution in [0.15, 0.2) is 42.5 Å². The lowest BCUT2D eigenvalue weighted by Crippen LogP contribution is -2.60. The van der Waals surface area contributed by atoms with Gasteiger partial charge in [-0.3, -0.25) is 4.79 Å². The lowest BCUT2D eigenvalue weighted by molar-refractivity contribution is -0.287. The molecule has 2 aromatic carbocycles. The minimum atomic E-state index is -1.94. The summed E-state index contributed by atoms with van der Waals surface area (Å²) in [5.74, 6) is -3.61. The number of halogens is 2. The fourth-order valence-corrected chi connectivity index (χ4v) is 3.70. The Balaban J connectivity index is 1.57. The molecule has 1 saturated heterocycles. The third kappa shape index (κ3) is 6.60. The van der Waals surface area contributed by atoms with E-state index in [1.54, 1.807) is 42.5 Å². The molecule has 2 aromatic rings. The number of hydrogen-bond acceptors (Lipinski definition) is 10. The van der Waals surface area contributed by atoms with E-state index in [1.807, 2.05) is 0 Å². The van der Waals surface area contributed by atoms with Crippen molar-refractivity contribution in [2.24, 2.45) is 0 Å². The number of aliphatic hydroxyl groups is 3. The second-order valence-corrected chi connectivity index (χ2v) is 8.26. The van der Waals surface area contributed by atoms with Crippen molar-refractivity contribution in [3.05, 3.63) is 58.1 Å². The SMILES string of the molecule is O=C(Cc1ccccc1Nc1c(Cl)cccc1Cl)OCC(=O)O[C@@H]1O[C@H](C(=O)O)[C@@H](O)[C@H](O)[C@H]1O. The highest BCUT2D eigenvalue weighted by Crippen LogP contribution is 2.33. The zero-order valence-corrected chi connectivity index (χ0v) is 19.3. The molecule has 5 atom stereocenters. The van der Waals surface area contributed by atoms with Crippen LogP contribution in [0.4, 0.5) is 11.4 Å². The zero-order valence-electron chi connectivity index (χ0n) is 17.8. The molecule has 0 spiro atoms. The van der Waals surface area contributed by atoms with Crippen LogP contribution in [0.1, 0.15) is 5.56 Å². The maximum absolute atomic E-state index is 12.3. The summed E-state index contributed by atoms with van der Waals surface area (Å²) in [4.78, 5) is 35.5. The molecule has 0 amide bonds. The monoisotopic (exact) mass is 529 g/mol. The molecule has 188 valence electrons. The average Bonchev–Trinajstić information content (AvgIpc) is 2.81. The number of carboxylic acids is 1. The van der Waals surface area contributed by atoms with Crippen LogP contribution in [0, 0.1) is 0 Å². The highest BCUT2D eigenvalue weighted by Gasteiger charge is 2.48. The first-order valence-electron chi connectivity index (χ1n) is 10.1. The van der Waals surface area contributed by atoms with Crippen molar-refractivity contribution in [2.75, 3.05) is 11.9 Å². The van der Waals surface area contributed by atoms with E-state index in [0.717, 1.165) is 0 Å². The van der Waals surface area contributed by atoms with E-state index >= 15 is 0 Å². The standard InChI is InChI=1S/C22H21Cl2NO10/c23-11-5-3-6-12(24)16(11)25-13-7-2-1-4-10(13)8-14(26)33-9-15(27)34-22-19(30)17(28)18(29)20(35-22)21(31)32/h1-7,17-20,22,25,28-30H,8-9H2,(H,31,32)/t17-,18-,19+,20-,22+/m0/s1. The van der Waals surface area contributed by atoms with Gasteiger partial charge < -0.3 is 40.0 Å². The summed E-state index contributed by atoms with van der Waals surface area (Å²) in [5, 5.41) is 42.1. The Labute approximate surface area is 208 Å². The van der Waals surface area contributed by atoms with Gasteiger partial charge >= 0.3 is 17.9 Å². The van der Waals surface area contributed by atoms with E-state index in [-0.39, 0.29) is 6.42 Å². The molecular weight excluding hydrogens is 509 g/mol. The van der Waals surface area contributed by atoms with E-state index in [0.29, 0.717) is 27.0 Å². The van der Waals surface area contributed by atoms with Crippen molar-refractivity contribution >= 4 is 52.5 Å². The van der Waals surface area contributed by atoms with Crippen molar-refractivity contribution < 1.29 is 49.0 Å². The second kappa shape index (κ2) is 11.7. The molecule has 3 rings (SSSR count). The van der Waals surface area contributed by atoms with Gasteiger partial charge in [0, 0.05) is 5.69 Å². The van der Waals surface area contributed by atoms with Gasteiger partial charge in [-0.15, -0.1) is 0 Å².